The van der Waals surface area contributed by atoms with E-state index < -0.39 is 18.1 Å². The van der Waals surface area contributed by atoms with Gasteiger partial charge in [0.2, 0.25) is 0 Å². The lowest BCUT2D eigenvalue weighted by molar-refractivity contribution is -0.274. The van der Waals surface area contributed by atoms with E-state index in [-0.39, 0.29) is 18.0 Å². The molecule has 6 nitrogen and oxygen atoms in total. The van der Waals surface area contributed by atoms with Crippen LogP contribution in [0.1, 0.15) is 17.4 Å². The molecular formula is C15H16F3N3O3. The molecule has 9 heteroatoms. The fourth-order valence-electron chi connectivity index (χ4n) is 2.01. The first-order valence-electron chi connectivity index (χ1n) is 7.00. The third-order valence-electron chi connectivity index (χ3n) is 2.87. The summed E-state index contributed by atoms with van der Waals surface area (Å²) in [7, 11) is 3.45. The average Bonchev–Trinajstić information content (AvgIpc) is 2.81. The second-order valence-corrected chi connectivity index (χ2v) is 5.03. The lowest BCUT2D eigenvalue weighted by Gasteiger charge is -2.08. The van der Waals surface area contributed by atoms with Crippen LogP contribution < -0.4 is 4.74 Å². The summed E-state index contributed by atoms with van der Waals surface area (Å²) in [5.74, 6) is -1.04. The number of ether oxygens (including phenoxy) is 2. The van der Waals surface area contributed by atoms with Gasteiger partial charge in [-0.3, -0.25) is 0 Å². The molecule has 0 radical (unpaired) electrons. The number of halogens is 3. The van der Waals surface area contributed by atoms with Gasteiger partial charge in [-0.1, -0.05) is 0 Å². The fraction of sp³-hybridized carbons (Fsp3) is 0.333. The van der Waals surface area contributed by atoms with E-state index in [0.717, 1.165) is 6.07 Å². The molecule has 0 fully saturated rings. The molecule has 0 aliphatic carbocycles. The predicted octanol–water partition coefficient (Wildman–Crippen LogP) is 3.46. The number of hydrogen-bond donors (Lipinski definition) is 1. The van der Waals surface area contributed by atoms with Crippen molar-refractivity contribution in [2.24, 2.45) is 4.99 Å². The zero-order valence-corrected chi connectivity index (χ0v) is 13.3. The van der Waals surface area contributed by atoms with Gasteiger partial charge in [0.05, 0.1) is 12.9 Å². The van der Waals surface area contributed by atoms with Crippen LogP contribution in [-0.2, 0) is 4.74 Å². The van der Waals surface area contributed by atoms with Gasteiger partial charge in [0, 0.05) is 25.0 Å². The zero-order chi connectivity index (χ0) is 17.9. The van der Waals surface area contributed by atoms with Crippen molar-refractivity contribution in [3.05, 3.63) is 23.9 Å². The molecule has 24 heavy (non-hydrogen) atoms. The molecule has 1 N–H and O–H groups in total. The van der Waals surface area contributed by atoms with Crippen LogP contribution in [0.15, 0.2) is 23.2 Å². The van der Waals surface area contributed by atoms with Gasteiger partial charge >= 0.3 is 12.3 Å². The number of aromatic amines is 1. The van der Waals surface area contributed by atoms with Crippen LogP contribution in [0, 0.1) is 0 Å². The molecule has 0 unspecified atom stereocenters. The highest BCUT2D eigenvalue weighted by molar-refractivity contribution is 6.06. The zero-order valence-electron chi connectivity index (χ0n) is 13.3. The number of nitrogens with zero attached hydrogens (tertiary/aromatic N) is 2. The predicted molar refractivity (Wildman–Crippen MR) is 82.8 cm³/mol. The summed E-state index contributed by atoms with van der Waals surface area (Å²) in [6.07, 6.45) is -3.37. The third kappa shape index (κ3) is 4.18. The van der Waals surface area contributed by atoms with Crippen LogP contribution in [0.25, 0.3) is 10.9 Å². The van der Waals surface area contributed by atoms with Gasteiger partial charge < -0.3 is 19.4 Å². The maximum atomic E-state index is 12.4. The molecule has 0 spiro atoms. The Morgan fingerprint density at radius 3 is 2.67 bits per heavy atom. The quantitative estimate of drug-likeness (QED) is 0.513. The maximum Gasteiger partial charge on any atom is 0.573 e. The molecule has 0 amide bonds. The number of aromatic nitrogens is 1. The Morgan fingerprint density at radius 2 is 2.08 bits per heavy atom. The molecule has 130 valence electrons. The van der Waals surface area contributed by atoms with Crippen molar-refractivity contribution in [1.82, 2.24) is 9.88 Å². The normalized spacial score (nSPS) is 11.9. The largest absolute Gasteiger partial charge is 0.573 e. The molecule has 0 atom stereocenters. The first kappa shape index (κ1) is 17.6. The summed E-state index contributed by atoms with van der Waals surface area (Å²) >= 11 is 0. The Balaban J connectivity index is 2.56. The third-order valence-corrected chi connectivity index (χ3v) is 2.87. The SMILES string of the molecule is CCOC(=O)c1[nH]c2ccc(OC(F)(F)F)cc2c1N=CN(C)C. The summed E-state index contributed by atoms with van der Waals surface area (Å²) < 4.78 is 46.0. The Morgan fingerprint density at radius 1 is 1.38 bits per heavy atom. The lowest BCUT2D eigenvalue weighted by atomic mass is 10.2. The van der Waals surface area contributed by atoms with Crippen LogP contribution in [-0.4, -0.2) is 49.3 Å². The van der Waals surface area contributed by atoms with Gasteiger partial charge in [-0.05, 0) is 25.1 Å². The van der Waals surface area contributed by atoms with E-state index in [1.54, 1.807) is 25.9 Å². The molecule has 0 aliphatic heterocycles. The number of nitrogens with one attached hydrogen (secondary N) is 1. The molecule has 1 aromatic carbocycles. The number of benzene rings is 1. The van der Waals surface area contributed by atoms with Crippen molar-refractivity contribution in [3.8, 4) is 5.75 Å². The van der Waals surface area contributed by atoms with Gasteiger partial charge in [0.25, 0.3) is 0 Å². The van der Waals surface area contributed by atoms with E-state index in [9.17, 15) is 18.0 Å². The van der Waals surface area contributed by atoms with E-state index in [1.165, 1.54) is 18.5 Å². The van der Waals surface area contributed by atoms with Crippen molar-refractivity contribution in [1.29, 1.82) is 0 Å². The van der Waals surface area contributed by atoms with Crippen molar-refractivity contribution >= 4 is 28.9 Å². The minimum Gasteiger partial charge on any atom is -0.461 e. The number of esters is 1. The highest BCUT2D eigenvalue weighted by Crippen LogP contribution is 2.35. The molecule has 0 aliphatic rings. The Hall–Kier alpha value is -2.71. The van der Waals surface area contributed by atoms with E-state index in [2.05, 4.69) is 14.7 Å². The topological polar surface area (TPSA) is 66.9 Å². The minimum atomic E-state index is -4.80. The monoisotopic (exact) mass is 343 g/mol. The number of H-pyrrole nitrogens is 1. The van der Waals surface area contributed by atoms with Crippen LogP contribution in [0.2, 0.25) is 0 Å². The highest BCUT2D eigenvalue weighted by atomic mass is 19.4. The molecular weight excluding hydrogens is 327 g/mol. The summed E-state index contributed by atoms with van der Waals surface area (Å²) in [6, 6.07) is 3.71. The number of aliphatic imine (C=N–C) groups is 1. The van der Waals surface area contributed by atoms with Gasteiger partial charge in [-0.25, -0.2) is 9.79 Å². The first-order valence-corrected chi connectivity index (χ1v) is 7.00. The average molecular weight is 343 g/mol. The van der Waals surface area contributed by atoms with Crippen LogP contribution in [0.5, 0.6) is 5.75 Å². The molecule has 2 aromatic rings. The van der Waals surface area contributed by atoms with Crippen molar-refractivity contribution in [2.75, 3.05) is 20.7 Å². The number of hydrogen-bond acceptors (Lipinski definition) is 4. The maximum absolute atomic E-state index is 12.4. The van der Waals surface area contributed by atoms with Crippen LogP contribution in [0.4, 0.5) is 18.9 Å². The van der Waals surface area contributed by atoms with Crippen molar-refractivity contribution < 1.29 is 27.4 Å². The summed E-state index contributed by atoms with van der Waals surface area (Å²) in [4.78, 5) is 20.7. The second-order valence-electron chi connectivity index (χ2n) is 5.03. The Kier molecular flexibility index (Phi) is 5.01. The van der Waals surface area contributed by atoms with Gasteiger partial charge in [-0.2, -0.15) is 0 Å². The molecule has 2 rings (SSSR count). The van der Waals surface area contributed by atoms with Crippen LogP contribution in [0.3, 0.4) is 0 Å². The van der Waals surface area contributed by atoms with Crippen molar-refractivity contribution in [3.63, 3.8) is 0 Å². The Bertz CT molecular complexity index is 766. The second kappa shape index (κ2) is 6.81. The summed E-state index contributed by atoms with van der Waals surface area (Å²) in [5.41, 5.74) is 0.692. The number of carbonyl (C=O) groups excluding carboxylic acids is 1. The number of fused-ring (bicyclic) bond motifs is 1. The number of carbonyl (C=O) groups is 1. The van der Waals surface area contributed by atoms with E-state index in [1.807, 2.05) is 0 Å². The Labute approximate surface area is 135 Å². The molecule has 0 bridgehead atoms. The molecule has 1 heterocycles. The summed E-state index contributed by atoms with van der Waals surface area (Å²) in [5, 5.41) is 0.318. The molecule has 0 saturated heterocycles. The van der Waals surface area contributed by atoms with E-state index in [4.69, 9.17) is 4.74 Å². The number of rotatable bonds is 5. The first-order chi connectivity index (χ1) is 11.2. The molecule has 0 saturated carbocycles. The minimum absolute atomic E-state index is 0.0640. The lowest BCUT2D eigenvalue weighted by Crippen LogP contribution is -2.16. The number of alkyl halides is 3. The van der Waals surface area contributed by atoms with Gasteiger partial charge in [-0.15, -0.1) is 13.2 Å². The van der Waals surface area contributed by atoms with E-state index in [0.29, 0.717) is 10.9 Å². The fourth-order valence-corrected chi connectivity index (χ4v) is 2.01. The van der Waals surface area contributed by atoms with E-state index >= 15 is 0 Å². The van der Waals surface area contributed by atoms with Gasteiger partial charge in [0.1, 0.15) is 11.4 Å². The standard InChI is InChI=1S/C15H16F3N3O3/c1-4-23-14(22)13-12(19-8-21(2)3)10-7-9(24-15(16,17)18)5-6-11(10)20-13/h5-8,20H,4H2,1-3H3. The summed E-state index contributed by atoms with van der Waals surface area (Å²) in [6.45, 7) is 1.81. The van der Waals surface area contributed by atoms with Crippen molar-refractivity contribution in [2.45, 2.75) is 13.3 Å². The smallest absolute Gasteiger partial charge is 0.461 e. The van der Waals surface area contributed by atoms with Crippen LogP contribution >= 0.6 is 0 Å². The van der Waals surface area contributed by atoms with Gasteiger partial charge in [0.15, 0.2) is 5.69 Å². The molecule has 1 aromatic heterocycles. The highest BCUT2D eigenvalue weighted by Gasteiger charge is 2.31.